The van der Waals surface area contributed by atoms with E-state index in [1.807, 2.05) is 6.92 Å². The van der Waals surface area contributed by atoms with Crippen molar-refractivity contribution in [2.24, 2.45) is 0 Å². The van der Waals surface area contributed by atoms with E-state index in [0.29, 0.717) is 12.2 Å². The van der Waals surface area contributed by atoms with Gasteiger partial charge in [-0.05, 0) is 13.3 Å². The maximum atomic E-state index is 10.3. The maximum absolute atomic E-state index is 10.3. The van der Waals surface area contributed by atoms with Crippen LogP contribution >= 0.6 is 23.1 Å². The SMILES string of the molecule is Cc1cnc(SCCCS(=O)(=O)[O-])s1.[Na+]. The van der Waals surface area contributed by atoms with Crippen LogP contribution in [0.4, 0.5) is 0 Å². The van der Waals surface area contributed by atoms with Crippen LogP contribution < -0.4 is 29.6 Å². The Morgan fingerprint density at radius 2 is 2.27 bits per heavy atom. The molecule has 1 aromatic rings. The van der Waals surface area contributed by atoms with Crippen LogP contribution in [0.1, 0.15) is 11.3 Å². The van der Waals surface area contributed by atoms with E-state index >= 15 is 0 Å². The standard InChI is InChI=1S/C7H11NO3S3.Na/c1-6-5-8-7(13-6)12-3-2-4-14(9,10)11;/h5H,2-4H2,1H3,(H,9,10,11);/q;+1/p-1. The van der Waals surface area contributed by atoms with Crippen molar-refractivity contribution < 1.29 is 42.5 Å². The van der Waals surface area contributed by atoms with Crippen molar-refractivity contribution in [2.45, 2.75) is 17.7 Å². The molecule has 1 heterocycles. The number of hydrogen-bond donors (Lipinski definition) is 0. The minimum Gasteiger partial charge on any atom is -0.748 e. The summed E-state index contributed by atoms with van der Waals surface area (Å²) in [6, 6.07) is 0. The van der Waals surface area contributed by atoms with Crippen LogP contribution in [0.2, 0.25) is 0 Å². The molecule has 0 amide bonds. The second-order valence-corrected chi connectivity index (χ2v) is 6.80. The zero-order chi connectivity index (χ0) is 10.6. The molecule has 1 aromatic heterocycles. The number of hydrogen-bond acceptors (Lipinski definition) is 6. The number of aryl methyl sites for hydroxylation is 1. The van der Waals surface area contributed by atoms with Gasteiger partial charge in [0.1, 0.15) is 4.34 Å². The van der Waals surface area contributed by atoms with Crippen LogP contribution in [0.3, 0.4) is 0 Å². The Balaban J connectivity index is 0.00000196. The maximum Gasteiger partial charge on any atom is 1.00 e. The van der Waals surface area contributed by atoms with E-state index in [1.54, 1.807) is 17.5 Å². The summed E-state index contributed by atoms with van der Waals surface area (Å²) < 4.78 is 31.7. The molecule has 1 rings (SSSR count). The minimum atomic E-state index is -4.05. The van der Waals surface area contributed by atoms with Crippen molar-refractivity contribution in [3.8, 4) is 0 Å². The Morgan fingerprint density at radius 3 is 2.73 bits per heavy atom. The first kappa shape index (κ1) is 15.9. The van der Waals surface area contributed by atoms with Gasteiger partial charge in [0.25, 0.3) is 0 Å². The summed E-state index contributed by atoms with van der Waals surface area (Å²) in [4.78, 5) is 5.23. The predicted molar refractivity (Wildman–Crippen MR) is 56.8 cm³/mol. The van der Waals surface area contributed by atoms with Crippen molar-refractivity contribution in [1.82, 2.24) is 4.98 Å². The molecule has 0 aromatic carbocycles. The van der Waals surface area contributed by atoms with E-state index in [-0.39, 0.29) is 35.3 Å². The zero-order valence-electron chi connectivity index (χ0n) is 8.60. The van der Waals surface area contributed by atoms with Crippen LogP contribution in [0.25, 0.3) is 0 Å². The molecule has 80 valence electrons. The fourth-order valence-corrected chi connectivity index (χ4v) is 3.43. The van der Waals surface area contributed by atoms with Crippen molar-refractivity contribution >= 4 is 33.2 Å². The molecule has 0 spiro atoms. The molecule has 0 bridgehead atoms. The van der Waals surface area contributed by atoms with E-state index in [9.17, 15) is 13.0 Å². The molecule has 0 radical (unpaired) electrons. The molecule has 15 heavy (non-hydrogen) atoms. The summed E-state index contributed by atoms with van der Waals surface area (Å²) in [7, 11) is -4.05. The van der Waals surface area contributed by atoms with Gasteiger partial charge in [-0.1, -0.05) is 11.8 Å². The van der Waals surface area contributed by atoms with Gasteiger partial charge in [0.15, 0.2) is 0 Å². The van der Waals surface area contributed by atoms with Gasteiger partial charge < -0.3 is 4.55 Å². The summed E-state index contributed by atoms with van der Waals surface area (Å²) >= 11 is 3.06. The van der Waals surface area contributed by atoms with Crippen LogP contribution in [-0.4, -0.2) is 29.5 Å². The summed E-state index contributed by atoms with van der Waals surface area (Å²) in [6.45, 7) is 1.96. The first-order valence-corrected chi connectivity index (χ1v) is 7.34. The molecule has 0 aliphatic rings. The first-order chi connectivity index (χ1) is 6.47. The second-order valence-electron chi connectivity index (χ2n) is 2.70. The van der Waals surface area contributed by atoms with Gasteiger partial charge >= 0.3 is 29.6 Å². The first-order valence-electron chi connectivity index (χ1n) is 3.96. The summed E-state index contributed by atoms with van der Waals surface area (Å²) in [5.74, 6) is 0.332. The predicted octanol–water partition coefficient (Wildman–Crippen LogP) is -1.52. The fourth-order valence-electron chi connectivity index (χ4n) is 0.796. The van der Waals surface area contributed by atoms with E-state index < -0.39 is 10.1 Å². The third-order valence-electron chi connectivity index (χ3n) is 1.36. The van der Waals surface area contributed by atoms with Gasteiger partial charge in [0.2, 0.25) is 0 Å². The fraction of sp³-hybridized carbons (Fsp3) is 0.571. The van der Waals surface area contributed by atoms with Gasteiger partial charge in [0.05, 0.1) is 10.1 Å². The zero-order valence-corrected chi connectivity index (χ0v) is 13.0. The molecular formula is C7H10NNaO3S3. The summed E-state index contributed by atoms with van der Waals surface area (Å²) in [5.41, 5.74) is 0. The Bertz CT molecular complexity index is 390. The van der Waals surface area contributed by atoms with Crippen LogP contribution in [-0.2, 0) is 10.1 Å². The molecule has 0 fully saturated rings. The van der Waals surface area contributed by atoms with Crippen molar-refractivity contribution in [3.63, 3.8) is 0 Å². The summed E-state index contributed by atoms with van der Waals surface area (Å²) in [5, 5.41) is 0. The van der Waals surface area contributed by atoms with Gasteiger partial charge in [-0.15, -0.1) is 11.3 Å². The van der Waals surface area contributed by atoms with E-state index in [4.69, 9.17) is 0 Å². The normalized spacial score (nSPS) is 11.1. The van der Waals surface area contributed by atoms with Crippen LogP contribution in [0, 0.1) is 6.92 Å². The van der Waals surface area contributed by atoms with E-state index in [1.165, 1.54) is 11.8 Å². The minimum absolute atomic E-state index is 0. The Labute approximate surface area is 120 Å². The van der Waals surface area contributed by atoms with Crippen molar-refractivity contribution in [1.29, 1.82) is 0 Å². The van der Waals surface area contributed by atoms with Crippen LogP contribution in [0.15, 0.2) is 10.5 Å². The number of aromatic nitrogens is 1. The molecule has 4 nitrogen and oxygen atoms in total. The third kappa shape index (κ3) is 7.73. The third-order valence-corrected chi connectivity index (χ3v) is 4.31. The Kier molecular flexibility index (Phi) is 7.69. The van der Waals surface area contributed by atoms with Crippen molar-refractivity contribution in [2.75, 3.05) is 11.5 Å². The average molecular weight is 275 g/mol. The van der Waals surface area contributed by atoms with Gasteiger partial charge in [-0.2, -0.15) is 0 Å². The number of thiazole rings is 1. The smallest absolute Gasteiger partial charge is 0.748 e. The van der Waals surface area contributed by atoms with Gasteiger partial charge in [-0.25, -0.2) is 13.4 Å². The number of rotatable bonds is 5. The molecule has 0 aliphatic heterocycles. The largest absolute Gasteiger partial charge is 1.00 e. The van der Waals surface area contributed by atoms with Gasteiger partial charge in [0, 0.05) is 22.6 Å². The quantitative estimate of drug-likeness (QED) is 0.283. The summed E-state index contributed by atoms with van der Waals surface area (Å²) in [6.07, 6.45) is 2.16. The second kappa shape index (κ2) is 7.26. The molecule has 0 atom stereocenters. The average Bonchev–Trinajstić information content (AvgIpc) is 2.44. The monoisotopic (exact) mass is 275 g/mol. The Morgan fingerprint density at radius 1 is 1.60 bits per heavy atom. The van der Waals surface area contributed by atoms with E-state index in [2.05, 4.69) is 4.98 Å². The number of thioether (sulfide) groups is 1. The molecule has 0 N–H and O–H groups in total. The molecule has 0 saturated carbocycles. The number of nitrogens with zero attached hydrogens (tertiary/aromatic N) is 1. The molecule has 0 unspecified atom stereocenters. The molecular weight excluding hydrogens is 265 g/mol. The molecule has 8 heteroatoms. The van der Waals surface area contributed by atoms with Crippen LogP contribution in [0.5, 0.6) is 0 Å². The topological polar surface area (TPSA) is 70.1 Å². The van der Waals surface area contributed by atoms with Gasteiger partial charge in [-0.3, -0.25) is 0 Å². The van der Waals surface area contributed by atoms with Crippen molar-refractivity contribution in [3.05, 3.63) is 11.1 Å². The Hall–Kier alpha value is 0.890. The molecule has 0 aliphatic carbocycles. The molecule has 0 saturated heterocycles. The van der Waals surface area contributed by atoms with E-state index in [0.717, 1.165) is 9.22 Å².